The van der Waals surface area contributed by atoms with Crippen LogP contribution < -0.4 is 0 Å². The van der Waals surface area contributed by atoms with Crippen LogP contribution in [0.15, 0.2) is 0 Å². The van der Waals surface area contributed by atoms with Crippen molar-refractivity contribution in [2.75, 3.05) is 13.3 Å². The molecule has 13 heavy (non-hydrogen) atoms. The molecule has 1 rings (SSSR count). The minimum atomic E-state index is -2.88. The standard InChI is InChI=1S/C7H13B2O3P/c1-5-3-6(12-7(5)8)4-11-13(2,9)10/h5-7H,3-4H2,1-2H3/q-1. The molecule has 1 saturated heterocycles. The molecule has 0 aliphatic carbocycles. The second kappa shape index (κ2) is 4.20. The van der Waals surface area contributed by atoms with E-state index in [2.05, 4.69) is 0 Å². The van der Waals surface area contributed by atoms with Gasteiger partial charge in [0.2, 0.25) is 0 Å². The fourth-order valence-electron chi connectivity index (χ4n) is 1.30. The van der Waals surface area contributed by atoms with Gasteiger partial charge in [0.15, 0.2) is 0 Å². The third-order valence-electron chi connectivity index (χ3n) is 2.06. The monoisotopic (exact) mass is 198 g/mol. The lowest BCUT2D eigenvalue weighted by atomic mass is 9.88. The van der Waals surface area contributed by atoms with Crippen molar-refractivity contribution in [2.24, 2.45) is 5.92 Å². The van der Waals surface area contributed by atoms with Gasteiger partial charge in [0.05, 0.1) is 12.7 Å². The second-order valence-corrected chi connectivity index (χ2v) is 5.72. The lowest BCUT2D eigenvalue weighted by Gasteiger charge is -2.23. The first-order valence-corrected chi connectivity index (χ1v) is 6.44. The lowest BCUT2D eigenvalue weighted by Crippen LogP contribution is -2.16. The summed E-state index contributed by atoms with van der Waals surface area (Å²) in [5, 5.41) is 0. The zero-order valence-electron chi connectivity index (χ0n) is 7.97. The molecule has 3 nitrogen and oxygen atoms in total. The molecule has 0 N–H and O–H groups in total. The highest BCUT2D eigenvalue weighted by Gasteiger charge is 2.28. The zero-order chi connectivity index (χ0) is 10.1. The summed E-state index contributed by atoms with van der Waals surface area (Å²) < 4.78 is 21.3. The van der Waals surface area contributed by atoms with Gasteiger partial charge in [-0.25, -0.2) is 0 Å². The first-order valence-electron chi connectivity index (χ1n) is 4.30. The van der Waals surface area contributed by atoms with Crippen LogP contribution in [0.5, 0.6) is 0 Å². The fraction of sp³-hybridized carbons (Fsp3) is 1.00. The van der Waals surface area contributed by atoms with Crippen LogP contribution in [0.4, 0.5) is 0 Å². The third kappa shape index (κ3) is 3.88. The van der Waals surface area contributed by atoms with E-state index in [0.29, 0.717) is 5.92 Å². The van der Waals surface area contributed by atoms with E-state index in [9.17, 15) is 4.57 Å². The van der Waals surface area contributed by atoms with Gasteiger partial charge in [0, 0.05) is 6.00 Å². The molecule has 4 atom stereocenters. The minimum absolute atomic E-state index is 0.0678. The highest BCUT2D eigenvalue weighted by atomic mass is 31.2. The Labute approximate surface area is 81.8 Å². The molecule has 0 amide bonds. The summed E-state index contributed by atoms with van der Waals surface area (Å²) in [6.45, 7) is 3.66. The van der Waals surface area contributed by atoms with Gasteiger partial charge in [0.25, 0.3) is 0 Å². The van der Waals surface area contributed by atoms with Crippen molar-refractivity contribution in [1.82, 2.24) is 0 Å². The van der Waals surface area contributed by atoms with Crippen molar-refractivity contribution < 1.29 is 13.8 Å². The molecule has 0 aromatic carbocycles. The van der Waals surface area contributed by atoms with Crippen molar-refractivity contribution in [3.63, 3.8) is 0 Å². The van der Waals surface area contributed by atoms with Crippen LogP contribution in [0.1, 0.15) is 13.3 Å². The van der Waals surface area contributed by atoms with E-state index in [1.807, 2.05) is 6.92 Å². The molecule has 1 heterocycles. The van der Waals surface area contributed by atoms with Crippen LogP contribution in [-0.2, 0) is 13.8 Å². The van der Waals surface area contributed by atoms with E-state index in [4.69, 9.17) is 24.7 Å². The molecule has 0 bridgehead atoms. The Morgan fingerprint density at radius 1 is 1.77 bits per heavy atom. The average molecular weight is 198 g/mol. The Morgan fingerprint density at radius 3 is 2.77 bits per heavy atom. The number of hydrogen-bond donors (Lipinski definition) is 0. The molecule has 0 saturated carbocycles. The summed E-state index contributed by atoms with van der Waals surface area (Å²) >= 11 is 0. The summed E-state index contributed by atoms with van der Waals surface area (Å²) in [5.41, 5.74) is 0. The van der Waals surface area contributed by atoms with Crippen molar-refractivity contribution in [3.8, 4) is 0 Å². The summed E-state index contributed by atoms with van der Waals surface area (Å²) in [4.78, 5) is 0. The minimum Gasteiger partial charge on any atom is -0.484 e. The van der Waals surface area contributed by atoms with Crippen molar-refractivity contribution >= 4 is 22.7 Å². The normalized spacial score (nSPS) is 38.8. The van der Waals surface area contributed by atoms with E-state index < -0.39 is 7.25 Å². The van der Waals surface area contributed by atoms with E-state index >= 15 is 0 Å². The second-order valence-electron chi connectivity index (χ2n) is 3.64. The highest BCUT2D eigenvalue weighted by Crippen LogP contribution is 2.37. The van der Waals surface area contributed by atoms with Gasteiger partial charge >= 0.3 is 0 Å². The molecule has 1 aliphatic heterocycles. The molecular formula is C7H13B2O3P-. The summed E-state index contributed by atoms with van der Waals surface area (Å²) in [5.74, 6) is 0.322. The van der Waals surface area contributed by atoms with Crippen LogP contribution in [0.3, 0.4) is 0 Å². The predicted molar refractivity (Wildman–Crippen MR) is 53.4 cm³/mol. The molecule has 1 aliphatic rings. The van der Waals surface area contributed by atoms with Crippen molar-refractivity contribution in [3.05, 3.63) is 0 Å². The SMILES string of the molecule is [B]C1OC(COP([B-])(C)=O)CC1C. The maximum Gasteiger partial charge on any atom is 0.109 e. The van der Waals surface area contributed by atoms with Gasteiger partial charge in [-0.15, -0.1) is 0 Å². The third-order valence-corrected chi connectivity index (χ3v) is 2.72. The summed E-state index contributed by atoms with van der Waals surface area (Å²) in [6.07, 6.45) is 0.767. The number of rotatable bonds is 3. The molecule has 0 spiro atoms. The number of ether oxygens (including phenoxy) is 1. The fourth-order valence-corrected chi connectivity index (χ4v) is 1.76. The molecule has 0 aromatic heterocycles. The Balaban J connectivity index is 2.29. The molecule has 6 heteroatoms. The largest absolute Gasteiger partial charge is 0.484 e. The summed E-state index contributed by atoms with van der Waals surface area (Å²) in [7, 11) is 7.98. The summed E-state index contributed by atoms with van der Waals surface area (Å²) in [6, 6.07) is -0.234. The molecule has 5 radical (unpaired) electrons. The van der Waals surface area contributed by atoms with Crippen molar-refractivity contribution in [2.45, 2.75) is 25.5 Å². The highest BCUT2D eigenvalue weighted by molar-refractivity contribution is 7.82. The van der Waals surface area contributed by atoms with Crippen molar-refractivity contribution in [1.29, 1.82) is 0 Å². The maximum atomic E-state index is 11.0. The van der Waals surface area contributed by atoms with Crippen LogP contribution in [0.25, 0.3) is 0 Å². The number of hydrogen-bond acceptors (Lipinski definition) is 3. The van der Waals surface area contributed by atoms with E-state index in [1.165, 1.54) is 6.66 Å². The van der Waals surface area contributed by atoms with Crippen LogP contribution in [-0.4, -0.2) is 40.8 Å². The van der Waals surface area contributed by atoms with Gasteiger partial charge in [-0.05, 0) is 19.0 Å². The van der Waals surface area contributed by atoms with Crippen LogP contribution in [0.2, 0.25) is 0 Å². The maximum absolute atomic E-state index is 11.0. The molecular weight excluding hydrogens is 185 g/mol. The molecule has 4 unspecified atom stereocenters. The quantitative estimate of drug-likeness (QED) is 0.499. The van der Waals surface area contributed by atoms with Gasteiger partial charge in [-0.1, -0.05) is 14.2 Å². The Kier molecular flexibility index (Phi) is 3.67. The lowest BCUT2D eigenvalue weighted by molar-refractivity contribution is 0.0500. The Hall–Kier alpha value is 0.280. The first kappa shape index (κ1) is 11.4. The van der Waals surface area contributed by atoms with Gasteiger partial charge in [-0.3, -0.25) is 0 Å². The van der Waals surface area contributed by atoms with Gasteiger partial charge < -0.3 is 21.4 Å². The average Bonchev–Trinajstić information content (AvgIpc) is 2.27. The van der Waals surface area contributed by atoms with Crippen LogP contribution in [0, 0.1) is 5.92 Å². The molecule has 71 valence electrons. The Morgan fingerprint density at radius 2 is 2.38 bits per heavy atom. The first-order chi connectivity index (χ1) is 5.88. The molecule has 1 fully saturated rings. The topological polar surface area (TPSA) is 35.5 Å². The zero-order valence-corrected chi connectivity index (χ0v) is 8.87. The molecule has 0 aromatic rings. The van der Waals surface area contributed by atoms with Gasteiger partial charge in [-0.2, -0.15) is 0 Å². The Bertz CT molecular complexity index is 208. The van der Waals surface area contributed by atoms with Gasteiger partial charge in [0.1, 0.15) is 7.85 Å². The smallest absolute Gasteiger partial charge is 0.109 e. The van der Waals surface area contributed by atoms with E-state index in [0.717, 1.165) is 6.42 Å². The predicted octanol–water partition coefficient (Wildman–Crippen LogP) is 0.914. The van der Waals surface area contributed by atoms with E-state index in [1.54, 1.807) is 0 Å². The van der Waals surface area contributed by atoms with E-state index in [-0.39, 0.29) is 18.7 Å². The van der Waals surface area contributed by atoms with Crippen LogP contribution >= 0.6 is 7.25 Å².